The minimum Gasteiger partial charge on any atom is -0.268 e. The minimum absolute atomic E-state index is 0.148. The second kappa shape index (κ2) is 10.3. The quantitative estimate of drug-likeness (QED) is 0.296. The molecule has 0 aliphatic carbocycles. The van der Waals surface area contributed by atoms with Crippen LogP contribution in [0, 0.1) is 6.92 Å². The van der Waals surface area contributed by atoms with Gasteiger partial charge in [0.05, 0.1) is 27.5 Å². The Morgan fingerprint density at radius 3 is 2.43 bits per heavy atom. The molecule has 0 fully saturated rings. The van der Waals surface area contributed by atoms with Gasteiger partial charge < -0.3 is 0 Å². The van der Waals surface area contributed by atoms with Crippen molar-refractivity contribution in [1.82, 2.24) is 13.9 Å². The van der Waals surface area contributed by atoms with Crippen LogP contribution in [0.15, 0.2) is 82.5 Å². The molecule has 0 N–H and O–H groups in total. The molecule has 8 heteroatoms. The van der Waals surface area contributed by atoms with Crippen LogP contribution in [-0.2, 0) is 10.0 Å². The van der Waals surface area contributed by atoms with Crippen LogP contribution in [0.5, 0.6) is 0 Å². The van der Waals surface area contributed by atoms with Gasteiger partial charge in [-0.1, -0.05) is 49.2 Å². The van der Waals surface area contributed by atoms with Crippen molar-refractivity contribution in [3.8, 4) is 5.69 Å². The fourth-order valence-electron chi connectivity index (χ4n) is 4.15. The molecular weight excluding hydrogens is 482 g/mol. The summed E-state index contributed by atoms with van der Waals surface area (Å²) in [5.74, 6) is 0.368. The van der Waals surface area contributed by atoms with Gasteiger partial charge in [0.25, 0.3) is 5.56 Å². The van der Waals surface area contributed by atoms with Gasteiger partial charge in [-0.25, -0.2) is 13.4 Å². The molecule has 4 rings (SSSR count). The summed E-state index contributed by atoms with van der Waals surface area (Å²) in [5.41, 5.74) is 1.93. The highest BCUT2D eigenvalue weighted by molar-refractivity contribution is 7.89. The van der Waals surface area contributed by atoms with Gasteiger partial charge in [-0.2, -0.15) is 4.31 Å². The number of aryl methyl sites for hydroxylation is 1. The highest BCUT2D eigenvalue weighted by Gasteiger charge is 2.32. The predicted molar refractivity (Wildman–Crippen MR) is 141 cm³/mol. The van der Waals surface area contributed by atoms with E-state index in [1.54, 1.807) is 37.3 Å². The number of hydrogen-bond acceptors (Lipinski definition) is 4. The van der Waals surface area contributed by atoms with Crippen LogP contribution < -0.4 is 5.56 Å². The number of hydrogen-bond donors (Lipinski definition) is 0. The van der Waals surface area contributed by atoms with E-state index in [9.17, 15) is 13.2 Å². The molecule has 1 atom stereocenters. The van der Waals surface area contributed by atoms with Crippen molar-refractivity contribution in [2.75, 3.05) is 6.54 Å². The van der Waals surface area contributed by atoms with E-state index in [2.05, 4.69) is 0 Å². The van der Waals surface area contributed by atoms with Crippen molar-refractivity contribution in [2.45, 2.75) is 44.6 Å². The smallest absolute Gasteiger partial charge is 0.266 e. The van der Waals surface area contributed by atoms with E-state index in [1.165, 1.54) is 21.0 Å². The van der Waals surface area contributed by atoms with Crippen LogP contribution in [0.4, 0.5) is 0 Å². The summed E-state index contributed by atoms with van der Waals surface area (Å²) in [6.45, 7) is 6.03. The number of halogens is 1. The Labute approximate surface area is 210 Å². The highest BCUT2D eigenvalue weighted by atomic mass is 35.5. The molecule has 1 unspecified atom stereocenters. The Bertz CT molecular complexity index is 1520. The fraction of sp³-hybridized carbons (Fsp3) is 0.259. The summed E-state index contributed by atoms with van der Waals surface area (Å²) >= 11 is 6.00. The first-order chi connectivity index (χ1) is 16.7. The van der Waals surface area contributed by atoms with Crippen LogP contribution in [0.3, 0.4) is 0 Å². The van der Waals surface area contributed by atoms with Crippen molar-refractivity contribution >= 4 is 32.5 Å². The third kappa shape index (κ3) is 5.03. The molecule has 0 radical (unpaired) electrons. The number of nitrogens with zero attached hydrogens (tertiary/aromatic N) is 3. The Morgan fingerprint density at radius 2 is 1.74 bits per heavy atom. The third-order valence-electron chi connectivity index (χ3n) is 6.02. The summed E-state index contributed by atoms with van der Waals surface area (Å²) in [6.07, 6.45) is 1.48. The van der Waals surface area contributed by atoms with E-state index in [-0.39, 0.29) is 10.5 Å². The number of benzene rings is 3. The lowest BCUT2D eigenvalue weighted by atomic mass is 10.1. The maximum absolute atomic E-state index is 13.8. The van der Waals surface area contributed by atoms with E-state index in [4.69, 9.17) is 16.6 Å². The zero-order valence-electron chi connectivity index (χ0n) is 20.0. The summed E-state index contributed by atoms with van der Waals surface area (Å²) in [5, 5.41) is 0.937. The molecule has 0 saturated heterocycles. The predicted octanol–water partition coefficient (Wildman–Crippen LogP) is 5.90. The molecule has 4 aromatic rings. The van der Waals surface area contributed by atoms with Gasteiger partial charge in [0.15, 0.2) is 0 Å². The number of rotatable bonds is 8. The second-order valence-corrected chi connectivity index (χ2v) is 10.9. The lowest BCUT2D eigenvalue weighted by molar-refractivity contribution is 0.322. The summed E-state index contributed by atoms with van der Waals surface area (Å²) < 4.78 is 30.5. The fourth-order valence-corrected chi connectivity index (χ4v) is 5.91. The summed E-state index contributed by atoms with van der Waals surface area (Å²) in [6, 6.07) is 20.1. The molecule has 0 amide bonds. The molecule has 1 aromatic heterocycles. The van der Waals surface area contributed by atoms with Crippen LogP contribution in [0.2, 0.25) is 5.02 Å². The number of unbranched alkanes of at least 4 members (excludes halogenated alkanes) is 1. The highest BCUT2D eigenvalue weighted by Crippen LogP contribution is 2.29. The molecule has 3 aromatic carbocycles. The maximum atomic E-state index is 13.8. The molecule has 0 spiro atoms. The second-order valence-electron chi connectivity index (χ2n) is 8.57. The van der Waals surface area contributed by atoms with Crippen LogP contribution >= 0.6 is 11.6 Å². The zero-order valence-corrected chi connectivity index (χ0v) is 21.6. The van der Waals surface area contributed by atoms with Crippen molar-refractivity contribution in [2.24, 2.45) is 0 Å². The van der Waals surface area contributed by atoms with E-state index in [1.807, 2.05) is 44.2 Å². The van der Waals surface area contributed by atoms with Gasteiger partial charge in [-0.15, -0.1) is 0 Å². The Hall–Kier alpha value is -3.00. The topological polar surface area (TPSA) is 72.3 Å². The van der Waals surface area contributed by atoms with Gasteiger partial charge in [-0.05, 0) is 74.4 Å². The van der Waals surface area contributed by atoms with Crippen LogP contribution in [0.1, 0.15) is 44.1 Å². The first kappa shape index (κ1) is 25.1. The Balaban J connectivity index is 1.95. The third-order valence-corrected chi connectivity index (χ3v) is 8.26. The van der Waals surface area contributed by atoms with Gasteiger partial charge in [0, 0.05) is 11.6 Å². The lowest BCUT2D eigenvalue weighted by Gasteiger charge is -2.30. The summed E-state index contributed by atoms with van der Waals surface area (Å²) in [4.78, 5) is 18.7. The maximum Gasteiger partial charge on any atom is 0.266 e. The van der Waals surface area contributed by atoms with Crippen molar-refractivity contribution in [3.05, 3.63) is 99.6 Å². The van der Waals surface area contributed by atoms with Gasteiger partial charge in [0.2, 0.25) is 10.0 Å². The molecule has 0 bridgehead atoms. The first-order valence-electron chi connectivity index (χ1n) is 11.6. The first-order valence-corrected chi connectivity index (χ1v) is 13.4. The van der Waals surface area contributed by atoms with Crippen molar-refractivity contribution < 1.29 is 8.42 Å². The molecule has 1 heterocycles. The normalized spacial score (nSPS) is 12.8. The van der Waals surface area contributed by atoms with Crippen LogP contribution in [-0.4, -0.2) is 28.8 Å². The van der Waals surface area contributed by atoms with Crippen LogP contribution in [0.25, 0.3) is 16.6 Å². The van der Waals surface area contributed by atoms with E-state index >= 15 is 0 Å². The molecule has 35 heavy (non-hydrogen) atoms. The molecule has 6 nitrogen and oxygen atoms in total. The number of aromatic nitrogens is 2. The van der Waals surface area contributed by atoms with Crippen molar-refractivity contribution in [3.63, 3.8) is 0 Å². The SMILES string of the molecule is CCCCN(C(C)c1nc2ccccc2c(=O)n1-c1cccc(C)c1)S(=O)(=O)c1ccc(Cl)cc1. The van der Waals surface area contributed by atoms with E-state index in [0.29, 0.717) is 40.4 Å². The Morgan fingerprint density at radius 1 is 1.03 bits per heavy atom. The zero-order chi connectivity index (χ0) is 25.2. The van der Waals surface area contributed by atoms with Crippen molar-refractivity contribution in [1.29, 1.82) is 0 Å². The molecule has 0 aliphatic rings. The molecule has 0 saturated carbocycles. The number of sulfonamides is 1. The number of para-hydroxylation sites is 1. The van der Waals surface area contributed by atoms with E-state index in [0.717, 1.165) is 12.0 Å². The molecular formula is C27H28ClN3O3S. The average molecular weight is 510 g/mol. The minimum atomic E-state index is -3.89. The summed E-state index contributed by atoms with van der Waals surface area (Å²) in [7, 11) is -3.89. The average Bonchev–Trinajstić information content (AvgIpc) is 2.84. The number of fused-ring (bicyclic) bond motifs is 1. The van der Waals surface area contributed by atoms with Gasteiger partial charge in [0.1, 0.15) is 5.82 Å². The monoisotopic (exact) mass is 509 g/mol. The van der Waals surface area contributed by atoms with Gasteiger partial charge in [-0.3, -0.25) is 9.36 Å². The van der Waals surface area contributed by atoms with E-state index < -0.39 is 16.1 Å². The molecule has 182 valence electrons. The van der Waals surface area contributed by atoms with Gasteiger partial charge >= 0.3 is 0 Å². The molecule has 0 aliphatic heterocycles. The Kier molecular flexibility index (Phi) is 7.40. The standard InChI is InChI=1S/C27H28ClN3O3S/c1-4-5-17-30(35(33,34)23-15-13-21(28)14-16-23)20(3)26-29-25-12-7-6-11-24(25)27(32)31(26)22-10-8-9-19(2)18-22/h6-16,18,20H,4-5,17H2,1-3H3. The lowest BCUT2D eigenvalue weighted by Crippen LogP contribution is -2.38. The largest absolute Gasteiger partial charge is 0.268 e.